The Bertz CT molecular complexity index is 287. The summed E-state index contributed by atoms with van der Waals surface area (Å²) >= 11 is 0. The van der Waals surface area contributed by atoms with Crippen molar-refractivity contribution in [3.63, 3.8) is 0 Å². The van der Waals surface area contributed by atoms with Gasteiger partial charge in [0.2, 0.25) is 0 Å². The molecule has 0 spiro atoms. The third-order valence-electron chi connectivity index (χ3n) is 2.02. The van der Waals surface area contributed by atoms with Gasteiger partial charge in [-0.05, 0) is 36.6 Å². The molecule has 1 rings (SSSR count). The highest BCUT2D eigenvalue weighted by Gasteiger charge is 2.01. The Morgan fingerprint density at radius 3 is 2.45 bits per heavy atom. The van der Waals surface area contributed by atoms with E-state index < -0.39 is 0 Å². The molecule has 0 radical (unpaired) electrons. The molecule has 0 atom stereocenters. The van der Waals surface area contributed by atoms with Crippen molar-refractivity contribution in [2.75, 3.05) is 0 Å². The van der Waals surface area contributed by atoms with Gasteiger partial charge in [-0.2, -0.15) is 0 Å². The Labute approximate surface area is 67.0 Å². The summed E-state index contributed by atoms with van der Waals surface area (Å²) < 4.78 is 0. The molecule has 1 heteroatoms. The number of hydrogen-bond donors (Lipinski definition) is 1. The van der Waals surface area contributed by atoms with Crippen molar-refractivity contribution >= 4 is 6.08 Å². The molecule has 0 aliphatic heterocycles. The third kappa shape index (κ3) is 1.27. The lowest BCUT2D eigenvalue weighted by Gasteiger charge is -2.05. The maximum atomic E-state index is 9.29. The van der Waals surface area contributed by atoms with E-state index in [9.17, 15) is 5.11 Å². The van der Waals surface area contributed by atoms with Gasteiger partial charge >= 0.3 is 0 Å². The number of aromatic hydroxyl groups is 1. The predicted octanol–water partition coefficient (Wildman–Crippen LogP) is 2.65. The normalized spacial score (nSPS) is 9.64. The van der Waals surface area contributed by atoms with Gasteiger partial charge in [0.05, 0.1) is 0 Å². The average Bonchev–Trinajstić information content (AvgIpc) is 2.01. The van der Waals surface area contributed by atoms with Crippen molar-refractivity contribution < 1.29 is 5.11 Å². The second kappa shape index (κ2) is 2.79. The second-order valence-corrected chi connectivity index (χ2v) is 2.63. The first-order valence-electron chi connectivity index (χ1n) is 3.58. The Morgan fingerprint density at radius 1 is 1.27 bits per heavy atom. The van der Waals surface area contributed by atoms with Crippen LogP contribution in [0.25, 0.3) is 6.08 Å². The average molecular weight is 148 g/mol. The lowest BCUT2D eigenvalue weighted by Crippen LogP contribution is -1.85. The van der Waals surface area contributed by atoms with Crippen LogP contribution in [0, 0.1) is 13.8 Å². The standard InChI is InChI=1S/C10H12O/c1-4-9-5-6-10(11)8(3)7(9)2/h4-6,11H,1H2,2-3H3. The van der Waals surface area contributed by atoms with E-state index >= 15 is 0 Å². The van der Waals surface area contributed by atoms with Crippen LogP contribution in [0.2, 0.25) is 0 Å². The van der Waals surface area contributed by atoms with Crippen molar-refractivity contribution in [2.24, 2.45) is 0 Å². The van der Waals surface area contributed by atoms with Crippen molar-refractivity contribution in [2.45, 2.75) is 13.8 Å². The van der Waals surface area contributed by atoms with E-state index in [0.29, 0.717) is 5.75 Å². The van der Waals surface area contributed by atoms with E-state index in [0.717, 1.165) is 16.7 Å². The van der Waals surface area contributed by atoms with Crippen molar-refractivity contribution in [3.8, 4) is 5.75 Å². The monoisotopic (exact) mass is 148 g/mol. The van der Waals surface area contributed by atoms with Crippen LogP contribution in [0.3, 0.4) is 0 Å². The van der Waals surface area contributed by atoms with Gasteiger partial charge < -0.3 is 5.11 Å². The van der Waals surface area contributed by atoms with Gasteiger partial charge in [0.25, 0.3) is 0 Å². The van der Waals surface area contributed by atoms with E-state index in [-0.39, 0.29) is 0 Å². The summed E-state index contributed by atoms with van der Waals surface area (Å²) in [6, 6.07) is 3.56. The molecule has 0 unspecified atom stereocenters. The molecule has 1 aromatic carbocycles. The summed E-state index contributed by atoms with van der Waals surface area (Å²) in [5.74, 6) is 0.355. The van der Waals surface area contributed by atoms with Crippen LogP contribution in [0.1, 0.15) is 16.7 Å². The number of phenols is 1. The maximum Gasteiger partial charge on any atom is 0.118 e. The zero-order valence-electron chi connectivity index (χ0n) is 6.89. The Hall–Kier alpha value is -1.24. The van der Waals surface area contributed by atoms with Gasteiger partial charge in [-0.3, -0.25) is 0 Å². The van der Waals surface area contributed by atoms with Crippen molar-refractivity contribution in [1.29, 1.82) is 0 Å². The molecular weight excluding hydrogens is 136 g/mol. The van der Waals surface area contributed by atoms with Gasteiger partial charge in [0.15, 0.2) is 0 Å². The summed E-state index contributed by atoms with van der Waals surface area (Å²) in [5, 5.41) is 9.29. The molecule has 1 N–H and O–H groups in total. The number of phenolic OH excluding ortho intramolecular Hbond substituents is 1. The molecule has 0 saturated carbocycles. The Morgan fingerprint density at radius 2 is 1.91 bits per heavy atom. The van der Waals surface area contributed by atoms with Gasteiger partial charge in [0, 0.05) is 0 Å². The second-order valence-electron chi connectivity index (χ2n) is 2.63. The van der Waals surface area contributed by atoms with Crippen LogP contribution in [0.5, 0.6) is 5.75 Å². The van der Waals surface area contributed by atoms with E-state index in [4.69, 9.17) is 0 Å². The molecule has 0 aliphatic rings. The minimum absolute atomic E-state index is 0.355. The zero-order valence-corrected chi connectivity index (χ0v) is 6.89. The highest BCUT2D eigenvalue weighted by molar-refractivity contribution is 5.56. The SMILES string of the molecule is C=Cc1ccc(O)c(C)c1C. The van der Waals surface area contributed by atoms with Crippen LogP contribution in [0.15, 0.2) is 18.7 Å². The summed E-state index contributed by atoms with van der Waals surface area (Å²) in [5.41, 5.74) is 3.11. The van der Waals surface area contributed by atoms with Crippen LogP contribution in [0.4, 0.5) is 0 Å². The summed E-state index contributed by atoms with van der Waals surface area (Å²) in [7, 11) is 0. The highest BCUT2D eigenvalue weighted by Crippen LogP contribution is 2.22. The molecule has 0 saturated heterocycles. The quantitative estimate of drug-likeness (QED) is 0.649. The molecular formula is C10H12O. The van der Waals surface area contributed by atoms with E-state index in [1.165, 1.54) is 0 Å². The zero-order chi connectivity index (χ0) is 8.43. The van der Waals surface area contributed by atoms with Crippen LogP contribution in [-0.4, -0.2) is 5.11 Å². The van der Waals surface area contributed by atoms with Gasteiger partial charge in [-0.15, -0.1) is 0 Å². The number of benzene rings is 1. The van der Waals surface area contributed by atoms with Crippen molar-refractivity contribution in [3.05, 3.63) is 35.4 Å². The Balaban J connectivity index is 3.36. The lowest BCUT2D eigenvalue weighted by molar-refractivity contribution is 0.470. The van der Waals surface area contributed by atoms with Crippen LogP contribution < -0.4 is 0 Å². The van der Waals surface area contributed by atoms with Gasteiger partial charge in [-0.1, -0.05) is 18.7 Å². The molecule has 1 aromatic rings. The summed E-state index contributed by atoms with van der Waals surface area (Å²) in [6.07, 6.45) is 1.79. The number of hydrogen-bond acceptors (Lipinski definition) is 1. The summed E-state index contributed by atoms with van der Waals surface area (Å²) in [6.45, 7) is 7.56. The van der Waals surface area contributed by atoms with Crippen molar-refractivity contribution in [1.82, 2.24) is 0 Å². The van der Waals surface area contributed by atoms with Crippen LogP contribution >= 0.6 is 0 Å². The van der Waals surface area contributed by atoms with E-state index in [1.807, 2.05) is 19.9 Å². The molecule has 1 nitrogen and oxygen atoms in total. The van der Waals surface area contributed by atoms with E-state index in [2.05, 4.69) is 6.58 Å². The van der Waals surface area contributed by atoms with Crippen LogP contribution in [-0.2, 0) is 0 Å². The maximum absolute atomic E-state index is 9.29. The van der Waals surface area contributed by atoms with Gasteiger partial charge in [-0.25, -0.2) is 0 Å². The fourth-order valence-electron chi connectivity index (χ4n) is 1.05. The Kier molecular flexibility index (Phi) is 1.99. The van der Waals surface area contributed by atoms with Gasteiger partial charge in [0.1, 0.15) is 5.75 Å². The summed E-state index contributed by atoms with van der Waals surface area (Å²) in [4.78, 5) is 0. The molecule has 0 bridgehead atoms. The number of rotatable bonds is 1. The molecule has 0 aliphatic carbocycles. The third-order valence-corrected chi connectivity index (χ3v) is 2.02. The smallest absolute Gasteiger partial charge is 0.118 e. The molecule has 0 fully saturated rings. The molecule has 0 aromatic heterocycles. The predicted molar refractivity (Wildman–Crippen MR) is 47.7 cm³/mol. The first kappa shape index (κ1) is 7.86. The highest BCUT2D eigenvalue weighted by atomic mass is 16.3. The van der Waals surface area contributed by atoms with E-state index in [1.54, 1.807) is 12.1 Å². The fraction of sp³-hybridized carbons (Fsp3) is 0.200. The molecule has 11 heavy (non-hydrogen) atoms. The largest absolute Gasteiger partial charge is 0.508 e. The minimum atomic E-state index is 0.355. The topological polar surface area (TPSA) is 20.2 Å². The molecule has 58 valence electrons. The molecule has 0 heterocycles. The fourth-order valence-corrected chi connectivity index (χ4v) is 1.05. The first-order chi connectivity index (χ1) is 5.16. The minimum Gasteiger partial charge on any atom is -0.508 e. The first-order valence-corrected chi connectivity index (χ1v) is 3.58. The lowest BCUT2D eigenvalue weighted by atomic mass is 10.0. The molecule has 0 amide bonds.